The average Bonchev–Trinajstić information content (AvgIpc) is 3.63. The minimum absolute atomic E-state index is 0.917. The van der Waals surface area contributed by atoms with Gasteiger partial charge in [0.25, 0.3) is 0 Å². The van der Waals surface area contributed by atoms with Crippen molar-refractivity contribution >= 4 is 76.2 Å². The molecule has 44 heavy (non-hydrogen) atoms. The lowest BCUT2D eigenvalue weighted by Gasteiger charge is -2.13. The van der Waals surface area contributed by atoms with Gasteiger partial charge in [-0.3, -0.25) is 4.57 Å². The molecule has 0 unspecified atom stereocenters. The molecule has 0 saturated carbocycles. The Hall–Kier alpha value is -5.93. The summed E-state index contributed by atoms with van der Waals surface area (Å²) in [5, 5.41) is 10.8. The predicted molar refractivity (Wildman–Crippen MR) is 184 cm³/mol. The summed E-state index contributed by atoms with van der Waals surface area (Å²) in [6.07, 6.45) is 0. The van der Waals surface area contributed by atoms with Crippen LogP contribution in [0.1, 0.15) is 0 Å². The summed E-state index contributed by atoms with van der Waals surface area (Å²) in [7, 11) is 0. The van der Waals surface area contributed by atoms with Gasteiger partial charge in [-0.1, -0.05) is 103 Å². The molecule has 0 aliphatic carbocycles. The van der Waals surface area contributed by atoms with Crippen LogP contribution in [0.15, 0.2) is 150 Å². The zero-order valence-corrected chi connectivity index (χ0v) is 23.7. The lowest BCUT2D eigenvalue weighted by molar-refractivity contribution is 0.669. The van der Waals surface area contributed by atoms with Gasteiger partial charge in [-0.15, -0.1) is 0 Å². The van der Waals surface area contributed by atoms with Gasteiger partial charge in [0.1, 0.15) is 17.0 Å². The van der Waals surface area contributed by atoms with Crippen molar-refractivity contribution in [3.8, 4) is 16.9 Å². The average molecular weight is 561 g/mol. The molecule has 10 aromatic rings. The maximum absolute atomic E-state index is 6.21. The van der Waals surface area contributed by atoms with Gasteiger partial charge in [-0.25, -0.2) is 4.98 Å². The first-order chi connectivity index (χ1) is 21.8. The van der Waals surface area contributed by atoms with Crippen LogP contribution >= 0.6 is 0 Å². The molecule has 0 aliphatic rings. The van der Waals surface area contributed by atoms with Crippen LogP contribution in [-0.2, 0) is 0 Å². The van der Waals surface area contributed by atoms with Crippen LogP contribution < -0.4 is 0 Å². The van der Waals surface area contributed by atoms with Crippen molar-refractivity contribution in [2.24, 2.45) is 0 Å². The number of fused-ring (bicyclic) bond motifs is 11. The molecule has 0 spiro atoms. The molecule has 3 heterocycles. The Bertz CT molecular complexity index is 2770. The maximum Gasteiger partial charge on any atom is 0.138 e. The van der Waals surface area contributed by atoms with Crippen molar-refractivity contribution in [3.63, 3.8) is 0 Å². The molecule has 0 fully saturated rings. The Morgan fingerprint density at radius 2 is 1.20 bits per heavy atom. The van der Waals surface area contributed by atoms with Crippen LogP contribution in [0.2, 0.25) is 0 Å². The van der Waals surface area contributed by atoms with E-state index in [0.717, 1.165) is 44.3 Å². The monoisotopic (exact) mass is 560 g/mol. The number of hydrogen-bond donors (Lipinski definition) is 0. The van der Waals surface area contributed by atoms with E-state index in [4.69, 9.17) is 9.40 Å². The molecule has 10 rings (SSSR count). The second-order valence-electron chi connectivity index (χ2n) is 11.6. The Balaban J connectivity index is 1.31. The number of nitrogens with zero attached hydrogens (tertiary/aromatic N) is 2. The molecule has 204 valence electrons. The molecule has 0 N–H and O–H groups in total. The van der Waals surface area contributed by atoms with Crippen LogP contribution in [0.5, 0.6) is 0 Å². The highest BCUT2D eigenvalue weighted by Crippen LogP contribution is 2.41. The molecule has 7 aromatic carbocycles. The fourth-order valence-corrected chi connectivity index (χ4v) is 7.21. The van der Waals surface area contributed by atoms with E-state index < -0.39 is 0 Å². The summed E-state index contributed by atoms with van der Waals surface area (Å²) in [4.78, 5) is 5.24. The largest absolute Gasteiger partial charge is 0.456 e. The fraction of sp³-hybridized carbons (Fsp3) is 0. The minimum atomic E-state index is 0.917. The zero-order valence-electron chi connectivity index (χ0n) is 23.7. The molecule has 0 aliphatic heterocycles. The smallest absolute Gasteiger partial charge is 0.138 e. The van der Waals surface area contributed by atoms with E-state index in [9.17, 15) is 0 Å². The summed E-state index contributed by atoms with van der Waals surface area (Å²) in [6.45, 7) is 0. The third-order valence-corrected chi connectivity index (χ3v) is 9.16. The highest BCUT2D eigenvalue weighted by Gasteiger charge is 2.18. The first-order valence-electron chi connectivity index (χ1n) is 15.0. The van der Waals surface area contributed by atoms with Crippen molar-refractivity contribution in [2.75, 3.05) is 0 Å². The SMILES string of the molecule is c1ccc(-c2cc(-n3c4ccccc4c4cc5c(ccc6c5ccc5oc7ccccc7c56)cc43)nc3ccccc23)cc1. The summed E-state index contributed by atoms with van der Waals surface area (Å²) >= 11 is 0. The van der Waals surface area contributed by atoms with Gasteiger partial charge < -0.3 is 4.42 Å². The predicted octanol–water partition coefficient (Wildman–Crippen LogP) is 11.2. The molecule has 3 heteroatoms. The fourth-order valence-electron chi connectivity index (χ4n) is 7.21. The van der Waals surface area contributed by atoms with Gasteiger partial charge in [0, 0.05) is 26.9 Å². The quantitative estimate of drug-likeness (QED) is 0.197. The summed E-state index contributed by atoms with van der Waals surface area (Å²) in [5.74, 6) is 0.917. The van der Waals surface area contributed by atoms with Crippen molar-refractivity contribution in [2.45, 2.75) is 0 Å². The molecule has 0 amide bonds. The highest BCUT2D eigenvalue weighted by molar-refractivity contribution is 6.25. The van der Waals surface area contributed by atoms with E-state index in [2.05, 4.69) is 138 Å². The number of hydrogen-bond acceptors (Lipinski definition) is 2. The molecular formula is C41H24N2O. The Morgan fingerprint density at radius 1 is 0.455 bits per heavy atom. The van der Waals surface area contributed by atoms with Gasteiger partial charge in [0.05, 0.1) is 16.6 Å². The van der Waals surface area contributed by atoms with Crippen LogP contribution in [0, 0.1) is 0 Å². The second-order valence-corrected chi connectivity index (χ2v) is 11.6. The first kappa shape index (κ1) is 23.6. The van der Waals surface area contributed by atoms with Gasteiger partial charge in [-0.05, 0) is 75.1 Å². The standard InChI is InChI=1S/C41H24N2O/c1-2-10-25(11-3-1)33-24-40(42-35-15-7-4-12-28(33)35)43-36-16-8-5-13-29(36)34-23-32-26(22-37(34)43)18-19-30-27(32)20-21-39-41(30)31-14-6-9-17-38(31)44-39/h1-24H. The molecule has 3 aromatic heterocycles. The van der Waals surface area contributed by atoms with Crippen LogP contribution in [0.3, 0.4) is 0 Å². The Kier molecular flexibility index (Phi) is 4.72. The summed E-state index contributed by atoms with van der Waals surface area (Å²) < 4.78 is 8.55. The van der Waals surface area contributed by atoms with Gasteiger partial charge in [0.2, 0.25) is 0 Å². The molecule has 0 atom stereocenters. The van der Waals surface area contributed by atoms with Crippen molar-refractivity contribution < 1.29 is 4.42 Å². The first-order valence-corrected chi connectivity index (χ1v) is 15.0. The summed E-state index contributed by atoms with van der Waals surface area (Å²) in [6, 6.07) is 51.8. The zero-order chi connectivity index (χ0) is 28.8. The van der Waals surface area contributed by atoms with E-state index in [0.29, 0.717) is 0 Å². The number of rotatable bonds is 2. The molecule has 0 radical (unpaired) electrons. The van der Waals surface area contributed by atoms with Crippen LogP contribution in [0.25, 0.3) is 93.1 Å². The maximum atomic E-state index is 6.21. The normalized spacial score (nSPS) is 12.1. The Morgan fingerprint density at radius 3 is 2.11 bits per heavy atom. The topological polar surface area (TPSA) is 31.0 Å². The molecule has 3 nitrogen and oxygen atoms in total. The van der Waals surface area contributed by atoms with E-state index in [-0.39, 0.29) is 0 Å². The lowest BCUT2D eigenvalue weighted by atomic mass is 9.97. The third-order valence-electron chi connectivity index (χ3n) is 9.16. The van der Waals surface area contributed by atoms with Gasteiger partial charge >= 0.3 is 0 Å². The lowest BCUT2D eigenvalue weighted by Crippen LogP contribution is -1.99. The number of aromatic nitrogens is 2. The number of furan rings is 1. The van der Waals surface area contributed by atoms with E-state index in [1.54, 1.807) is 0 Å². The van der Waals surface area contributed by atoms with Crippen LogP contribution in [-0.4, -0.2) is 9.55 Å². The number of benzene rings is 7. The second kappa shape index (κ2) is 8.79. The van der Waals surface area contributed by atoms with Crippen LogP contribution in [0.4, 0.5) is 0 Å². The van der Waals surface area contributed by atoms with E-state index in [1.807, 2.05) is 12.1 Å². The molecule has 0 saturated heterocycles. The summed E-state index contributed by atoms with van der Waals surface area (Å²) in [5.41, 5.74) is 7.49. The van der Waals surface area contributed by atoms with Gasteiger partial charge in [0.15, 0.2) is 0 Å². The van der Waals surface area contributed by atoms with E-state index >= 15 is 0 Å². The molecule has 0 bridgehead atoms. The van der Waals surface area contributed by atoms with Crippen molar-refractivity contribution in [1.82, 2.24) is 9.55 Å². The van der Waals surface area contributed by atoms with E-state index in [1.165, 1.54) is 48.8 Å². The number of pyridine rings is 1. The molecular weight excluding hydrogens is 536 g/mol. The minimum Gasteiger partial charge on any atom is -0.456 e. The third kappa shape index (κ3) is 3.24. The highest BCUT2D eigenvalue weighted by atomic mass is 16.3. The van der Waals surface area contributed by atoms with Gasteiger partial charge in [-0.2, -0.15) is 0 Å². The number of para-hydroxylation sites is 3. The Labute approximate surface area is 252 Å². The van der Waals surface area contributed by atoms with Crippen molar-refractivity contribution in [3.05, 3.63) is 146 Å². The van der Waals surface area contributed by atoms with Crippen molar-refractivity contribution in [1.29, 1.82) is 0 Å².